The van der Waals surface area contributed by atoms with Gasteiger partial charge in [-0.2, -0.15) is 0 Å². The van der Waals surface area contributed by atoms with E-state index in [1.165, 1.54) is 30.2 Å². The minimum absolute atomic E-state index is 0.0877. The van der Waals surface area contributed by atoms with E-state index >= 15 is 0 Å². The van der Waals surface area contributed by atoms with Crippen molar-refractivity contribution in [1.82, 2.24) is 0 Å². The summed E-state index contributed by atoms with van der Waals surface area (Å²) in [5.41, 5.74) is 3.15. The van der Waals surface area contributed by atoms with Crippen molar-refractivity contribution >= 4 is 24.5 Å². The predicted octanol–water partition coefficient (Wildman–Crippen LogP) is 3.90. The van der Waals surface area contributed by atoms with Crippen molar-refractivity contribution in [3.63, 3.8) is 0 Å². The fourth-order valence-corrected chi connectivity index (χ4v) is 5.46. The molecule has 0 saturated heterocycles. The fourth-order valence-electron chi connectivity index (χ4n) is 1.91. The molecule has 0 amide bonds. The van der Waals surface area contributed by atoms with E-state index in [1.54, 1.807) is 14.7 Å². The average molecular weight is 314 g/mol. The number of aryl methyl sites for hydroxylation is 1. The van der Waals surface area contributed by atoms with Crippen LogP contribution in [0.1, 0.15) is 37.3 Å². The van der Waals surface area contributed by atoms with Crippen LogP contribution in [-0.4, -0.2) is 20.9 Å². The molecule has 0 aromatic heterocycles. The van der Waals surface area contributed by atoms with Crippen LogP contribution in [0.5, 0.6) is 0 Å². The van der Waals surface area contributed by atoms with Crippen LogP contribution >= 0.6 is 0 Å². The van der Waals surface area contributed by atoms with Gasteiger partial charge in [0.15, 0.2) is 0 Å². The number of fused-ring (bicyclic) bond motifs is 1. The molecule has 1 aliphatic carbocycles. The van der Waals surface area contributed by atoms with Gasteiger partial charge in [0.05, 0.1) is 0 Å². The molecule has 0 nitrogen and oxygen atoms in total. The van der Waals surface area contributed by atoms with E-state index in [0.29, 0.717) is 0 Å². The fraction of sp³-hybridized carbons (Fsp3) is 0.429. The normalized spacial score (nSPS) is 14.6. The van der Waals surface area contributed by atoms with Crippen molar-refractivity contribution < 1.29 is 0 Å². The van der Waals surface area contributed by atoms with Crippen LogP contribution in [0, 0.1) is 0 Å². The molecule has 0 bridgehead atoms. The van der Waals surface area contributed by atoms with E-state index in [0.717, 1.165) is 0 Å². The standard InChI is InChI=1S/C14H18Te/c1-2-3-11-15-14-10-6-8-12-7-4-5-9-13(12)14/h4-5,7,9-10H,2-3,6,8,11H2,1H3. The summed E-state index contributed by atoms with van der Waals surface area (Å²) in [5, 5.41) is 0. The molecule has 80 valence electrons. The van der Waals surface area contributed by atoms with Gasteiger partial charge in [-0.25, -0.2) is 0 Å². The molecule has 1 aliphatic rings. The van der Waals surface area contributed by atoms with Gasteiger partial charge in [-0.3, -0.25) is 0 Å². The summed E-state index contributed by atoms with van der Waals surface area (Å²) < 4.78 is 3.19. The second-order valence-corrected chi connectivity index (χ2v) is 7.21. The van der Waals surface area contributed by atoms with Crippen molar-refractivity contribution in [2.45, 2.75) is 37.1 Å². The van der Waals surface area contributed by atoms with Gasteiger partial charge >= 0.3 is 103 Å². The second-order valence-electron chi connectivity index (χ2n) is 3.97. The molecule has 0 N–H and O–H groups in total. The topological polar surface area (TPSA) is 0 Å². The molecular weight excluding hydrogens is 296 g/mol. The van der Waals surface area contributed by atoms with E-state index in [4.69, 9.17) is 0 Å². The van der Waals surface area contributed by atoms with E-state index in [9.17, 15) is 0 Å². The first-order valence-electron chi connectivity index (χ1n) is 5.83. The van der Waals surface area contributed by atoms with Crippen molar-refractivity contribution in [3.8, 4) is 0 Å². The van der Waals surface area contributed by atoms with Crippen LogP contribution in [0.25, 0.3) is 3.62 Å². The first kappa shape index (κ1) is 11.2. The molecule has 15 heavy (non-hydrogen) atoms. The van der Waals surface area contributed by atoms with Crippen molar-refractivity contribution in [2.24, 2.45) is 0 Å². The number of hydrogen-bond donors (Lipinski definition) is 0. The number of hydrogen-bond acceptors (Lipinski definition) is 0. The van der Waals surface area contributed by atoms with Crippen molar-refractivity contribution in [3.05, 3.63) is 41.5 Å². The monoisotopic (exact) mass is 316 g/mol. The summed E-state index contributed by atoms with van der Waals surface area (Å²) in [6, 6.07) is 8.98. The zero-order valence-corrected chi connectivity index (χ0v) is 11.7. The molecule has 0 radical (unpaired) electrons. The zero-order valence-electron chi connectivity index (χ0n) is 9.33. The Labute approximate surface area is 103 Å². The average Bonchev–Trinajstić information content (AvgIpc) is 2.30. The molecule has 0 atom stereocenters. The number of benzene rings is 1. The Kier molecular flexibility index (Phi) is 4.29. The number of rotatable bonds is 4. The predicted molar refractivity (Wildman–Crippen MR) is 68.2 cm³/mol. The quantitative estimate of drug-likeness (QED) is 0.584. The Morgan fingerprint density at radius 1 is 1.27 bits per heavy atom. The third kappa shape index (κ3) is 2.86. The molecular formula is C14H18Te. The maximum atomic E-state index is 2.50. The van der Waals surface area contributed by atoms with E-state index in [-0.39, 0.29) is 20.9 Å². The third-order valence-electron chi connectivity index (χ3n) is 2.78. The van der Waals surface area contributed by atoms with Crippen molar-refractivity contribution in [2.75, 3.05) is 0 Å². The van der Waals surface area contributed by atoms with Gasteiger partial charge in [-0.05, 0) is 0 Å². The Morgan fingerprint density at radius 2 is 2.13 bits per heavy atom. The van der Waals surface area contributed by atoms with Crippen LogP contribution in [0.4, 0.5) is 0 Å². The summed E-state index contributed by atoms with van der Waals surface area (Å²) >= 11 is 0.0877. The van der Waals surface area contributed by atoms with Crippen LogP contribution in [0.2, 0.25) is 4.47 Å². The number of unbranched alkanes of at least 4 members (excludes halogenated alkanes) is 1. The molecule has 1 aromatic carbocycles. The van der Waals surface area contributed by atoms with Crippen LogP contribution in [0.15, 0.2) is 30.3 Å². The zero-order chi connectivity index (χ0) is 10.5. The summed E-state index contributed by atoms with van der Waals surface area (Å²) in [4.78, 5) is 0. The Bertz CT molecular complexity index is 352. The first-order chi connectivity index (χ1) is 7.42. The van der Waals surface area contributed by atoms with Gasteiger partial charge in [0.1, 0.15) is 0 Å². The van der Waals surface area contributed by atoms with Gasteiger partial charge in [-0.1, -0.05) is 0 Å². The molecule has 1 heteroatoms. The summed E-state index contributed by atoms with van der Waals surface area (Å²) in [5.74, 6) is 0. The number of allylic oxidation sites excluding steroid dienone is 1. The molecule has 0 fully saturated rings. The molecule has 0 saturated carbocycles. The molecule has 0 heterocycles. The van der Waals surface area contributed by atoms with E-state index in [1.807, 2.05) is 0 Å². The Hall–Kier alpha value is -0.250. The van der Waals surface area contributed by atoms with Crippen LogP contribution < -0.4 is 0 Å². The maximum absolute atomic E-state index is 2.50. The molecule has 0 spiro atoms. The molecule has 0 aliphatic heterocycles. The SMILES string of the molecule is CCCC[Te]C1=CCCc2ccccc21. The Morgan fingerprint density at radius 3 is 3.00 bits per heavy atom. The van der Waals surface area contributed by atoms with Gasteiger partial charge in [-0.15, -0.1) is 0 Å². The second kappa shape index (κ2) is 5.73. The van der Waals surface area contributed by atoms with E-state index < -0.39 is 0 Å². The first-order valence-corrected chi connectivity index (χ1v) is 8.64. The summed E-state index contributed by atoms with van der Waals surface area (Å²) in [6.07, 6.45) is 7.78. The van der Waals surface area contributed by atoms with Crippen LogP contribution in [-0.2, 0) is 6.42 Å². The van der Waals surface area contributed by atoms with Gasteiger partial charge in [0, 0.05) is 0 Å². The summed E-state index contributed by atoms with van der Waals surface area (Å²) in [6.45, 7) is 2.29. The van der Waals surface area contributed by atoms with E-state index in [2.05, 4.69) is 37.3 Å². The molecule has 2 rings (SSSR count). The molecule has 1 aromatic rings. The summed E-state index contributed by atoms with van der Waals surface area (Å²) in [7, 11) is 0. The van der Waals surface area contributed by atoms with Gasteiger partial charge in [0.25, 0.3) is 0 Å². The van der Waals surface area contributed by atoms with Gasteiger partial charge < -0.3 is 0 Å². The van der Waals surface area contributed by atoms with Crippen molar-refractivity contribution in [1.29, 1.82) is 0 Å². The minimum atomic E-state index is 0.0877. The third-order valence-corrected chi connectivity index (χ3v) is 6.18. The Balaban J connectivity index is 2.09. The molecule has 0 unspecified atom stereocenters. The van der Waals surface area contributed by atoms with Crippen LogP contribution in [0.3, 0.4) is 0 Å². The van der Waals surface area contributed by atoms with Gasteiger partial charge in [0.2, 0.25) is 0 Å².